The molecule has 0 atom stereocenters. The highest BCUT2D eigenvalue weighted by molar-refractivity contribution is 7.94. The Kier molecular flexibility index (Phi) is 4.58. The highest BCUT2D eigenvalue weighted by Crippen LogP contribution is 2.37. The molecule has 0 aliphatic carbocycles. The van der Waals surface area contributed by atoms with Gasteiger partial charge in [0, 0.05) is 12.1 Å². The number of carbonyl (C=O) groups excluding carboxylic acids is 2. The maximum atomic E-state index is 13.1. The SMILES string of the molecule is CC(=O)c1ccc(N2C(=O)N(CC(C)C)c3ccccc3S2(=O)=O)cc1. The largest absolute Gasteiger partial charge is 0.343 e. The van der Waals surface area contributed by atoms with Gasteiger partial charge in [-0.3, -0.25) is 9.69 Å². The number of anilines is 2. The van der Waals surface area contributed by atoms with Crippen LogP contribution in [0.1, 0.15) is 31.1 Å². The maximum absolute atomic E-state index is 13.1. The number of rotatable bonds is 4. The third-order valence-corrected chi connectivity index (χ3v) is 5.88. The number of hydrogen-bond acceptors (Lipinski definition) is 4. The summed E-state index contributed by atoms with van der Waals surface area (Å²) in [5.41, 5.74) is 1.06. The third-order valence-electron chi connectivity index (χ3n) is 4.14. The van der Waals surface area contributed by atoms with Crippen LogP contribution in [0, 0.1) is 5.92 Å². The molecule has 6 nitrogen and oxygen atoms in total. The van der Waals surface area contributed by atoms with Gasteiger partial charge in [0.25, 0.3) is 10.0 Å². The predicted molar refractivity (Wildman–Crippen MR) is 100 cm³/mol. The Labute approximate surface area is 153 Å². The summed E-state index contributed by atoms with van der Waals surface area (Å²) in [7, 11) is -4.03. The van der Waals surface area contributed by atoms with Gasteiger partial charge in [-0.05, 0) is 49.2 Å². The molecule has 0 spiro atoms. The Bertz CT molecular complexity index is 965. The number of fused-ring (bicyclic) bond motifs is 1. The minimum Gasteiger partial charge on any atom is -0.295 e. The molecule has 0 saturated carbocycles. The molecule has 0 saturated heterocycles. The van der Waals surface area contributed by atoms with Crippen molar-refractivity contribution in [3.05, 3.63) is 54.1 Å². The standard InChI is InChI=1S/C19H20N2O4S/c1-13(2)12-20-17-6-4-5-7-18(17)26(24,25)21(19(20)23)16-10-8-15(9-11-16)14(3)22/h4-11,13H,12H2,1-3H3. The van der Waals surface area contributed by atoms with E-state index < -0.39 is 16.1 Å². The van der Waals surface area contributed by atoms with E-state index >= 15 is 0 Å². The summed E-state index contributed by atoms with van der Waals surface area (Å²) in [6, 6.07) is 11.9. The number of para-hydroxylation sites is 1. The van der Waals surface area contributed by atoms with E-state index in [-0.39, 0.29) is 22.3 Å². The lowest BCUT2D eigenvalue weighted by Gasteiger charge is -2.37. The number of sulfonamides is 1. The van der Waals surface area contributed by atoms with E-state index in [2.05, 4.69) is 0 Å². The lowest BCUT2D eigenvalue weighted by atomic mass is 10.1. The fraction of sp³-hybridized carbons (Fsp3) is 0.263. The molecule has 136 valence electrons. The maximum Gasteiger partial charge on any atom is 0.343 e. The first-order chi connectivity index (χ1) is 12.2. The van der Waals surface area contributed by atoms with Crippen molar-refractivity contribution in [3.63, 3.8) is 0 Å². The number of benzene rings is 2. The van der Waals surface area contributed by atoms with Crippen molar-refractivity contribution >= 4 is 33.2 Å². The summed E-state index contributed by atoms with van der Waals surface area (Å²) in [5, 5.41) is 0. The van der Waals surface area contributed by atoms with E-state index in [0.717, 1.165) is 4.31 Å². The second kappa shape index (κ2) is 6.57. The minimum absolute atomic E-state index is 0.0934. The molecule has 2 amide bonds. The lowest BCUT2D eigenvalue weighted by molar-refractivity contribution is 0.101. The van der Waals surface area contributed by atoms with Crippen molar-refractivity contribution in [1.82, 2.24) is 0 Å². The van der Waals surface area contributed by atoms with Crippen LogP contribution in [0.2, 0.25) is 0 Å². The Morgan fingerprint density at radius 2 is 1.65 bits per heavy atom. The highest BCUT2D eigenvalue weighted by Gasteiger charge is 2.42. The monoisotopic (exact) mass is 372 g/mol. The number of hydrogen-bond donors (Lipinski definition) is 0. The normalized spacial score (nSPS) is 15.9. The number of nitrogens with zero attached hydrogens (tertiary/aromatic N) is 2. The van der Waals surface area contributed by atoms with Crippen LogP contribution in [0.15, 0.2) is 53.4 Å². The molecule has 1 heterocycles. The van der Waals surface area contributed by atoms with Gasteiger partial charge in [0.2, 0.25) is 0 Å². The van der Waals surface area contributed by atoms with Gasteiger partial charge in [-0.2, -0.15) is 4.31 Å². The predicted octanol–water partition coefficient (Wildman–Crippen LogP) is 3.68. The van der Waals surface area contributed by atoms with E-state index in [1.165, 1.54) is 42.2 Å². The van der Waals surface area contributed by atoms with Gasteiger partial charge in [-0.1, -0.05) is 26.0 Å². The Morgan fingerprint density at radius 3 is 2.23 bits per heavy atom. The number of amides is 2. The summed E-state index contributed by atoms with van der Waals surface area (Å²) >= 11 is 0. The first-order valence-corrected chi connectivity index (χ1v) is 9.74. The summed E-state index contributed by atoms with van der Waals surface area (Å²) < 4.78 is 27.0. The zero-order chi connectivity index (χ0) is 19.1. The summed E-state index contributed by atoms with van der Waals surface area (Å²) in [4.78, 5) is 26.1. The van der Waals surface area contributed by atoms with Crippen LogP contribution in [0.4, 0.5) is 16.2 Å². The van der Waals surface area contributed by atoms with Crippen molar-refractivity contribution in [3.8, 4) is 0 Å². The summed E-state index contributed by atoms with van der Waals surface area (Å²) in [5.74, 6) is 0.0332. The smallest absolute Gasteiger partial charge is 0.295 e. The van der Waals surface area contributed by atoms with Gasteiger partial charge in [0.15, 0.2) is 5.78 Å². The van der Waals surface area contributed by atoms with Crippen LogP contribution in [-0.2, 0) is 10.0 Å². The average Bonchev–Trinajstić information content (AvgIpc) is 2.59. The van der Waals surface area contributed by atoms with Gasteiger partial charge in [0.05, 0.1) is 11.4 Å². The molecule has 3 rings (SSSR count). The Hall–Kier alpha value is -2.67. The van der Waals surface area contributed by atoms with Gasteiger partial charge >= 0.3 is 6.03 Å². The highest BCUT2D eigenvalue weighted by atomic mass is 32.2. The van der Waals surface area contributed by atoms with Gasteiger partial charge in [0.1, 0.15) is 4.90 Å². The van der Waals surface area contributed by atoms with E-state index in [0.29, 0.717) is 17.8 Å². The van der Waals surface area contributed by atoms with Crippen LogP contribution in [-0.4, -0.2) is 26.8 Å². The van der Waals surface area contributed by atoms with E-state index in [4.69, 9.17) is 0 Å². The second-order valence-electron chi connectivity index (χ2n) is 6.63. The molecule has 7 heteroatoms. The second-order valence-corrected chi connectivity index (χ2v) is 8.38. The molecule has 0 aromatic heterocycles. The topological polar surface area (TPSA) is 74.8 Å². The van der Waals surface area contributed by atoms with Crippen molar-refractivity contribution in [2.24, 2.45) is 5.92 Å². The molecule has 0 fully saturated rings. The summed E-state index contributed by atoms with van der Waals surface area (Å²) in [6.07, 6.45) is 0. The Balaban J connectivity index is 2.16. The number of ketones is 1. The third kappa shape index (κ3) is 2.99. The van der Waals surface area contributed by atoms with E-state index in [1.54, 1.807) is 18.2 Å². The number of Topliss-reactive ketones (excluding diaryl/α,β-unsaturated/α-hetero) is 1. The van der Waals surface area contributed by atoms with Crippen LogP contribution >= 0.6 is 0 Å². The Morgan fingerprint density at radius 1 is 1.04 bits per heavy atom. The van der Waals surface area contributed by atoms with Gasteiger partial charge < -0.3 is 0 Å². The van der Waals surface area contributed by atoms with Crippen LogP contribution in [0.5, 0.6) is 0 Å². The van der Waals surface area contributed by atoms with Gasteiger partial charge in [-0.25, -0.2) is 13.2 Å². The molecule has 2 aromatic carbocycles. The minimum atomic E-state index is -4.03. The van der Waals surface area contributed by atoms with Crippen LogP contribution < -0.4 is 9.21 Å². The van der Waals surface area contributed by atoms with Crippen molar-refractivity contribution < 1.29 is 18.0 Å². The van der Waals surface area contributed by atoms with Crippen molar-refractivity contribution in [2.75, 3.05) is 15.7 Å². The zero-order valence-corrected chi connectivity index (χ0v) is 15.7. The molecule has 0 N–H and O–H groups in total. The molecular weight excluding hydrogens is 352 g/mol. The summed E-state index contributed by atoms with van der Waals surface area (Å²) in [6.45, 7) is 5.75. The molecule has 0 radical (unpaired) electrons. The molecule has 1 aliphatic rings. The quantitative estimate of drug-likeness (QED) is 0.767. The van der Waals surface area contributed by atoms with Crippen LogP contribution in [0.25, 0.3) is 0 Å². The average molecular weight is 372 g/mol. The van der Waals surface area contributed by atoms with E-state index in [1.807, 2.05) is 13.8 Å². The zero-order valence-electron chi connectivity index (χ0n) is 14.8. The molecule has 0 bridgehead atoms. The lowest BCUT2D eigenvalue weighted by Crippen LogP contribution is -2.52. The molecule has 1 aliphatic heterocycles. The molecular formula is C19H20N2O4S. The van der Waals surface area contributed by atoms with Crippen LogP contribution in [0.3, 0.4) is 0 Å². The molecule has 26 heavy (non-hydrogen) atoms. The number of urea groups is 1. The molecule has 2 aromatic rings. The van der Waals surface area contributed by atoms with E-state index in [9.17, 15) is 18.0 Å². The fourth-order valence-electron chi connectivity index (χ4n) is 2.93. The molecule has 0 unspecified atom stereocenters. The number of carbonyl (C=O) groups is 2. The first-order valence-electron chi connectivity index (χ1n) is 8.30. The first kappa shape index (κ1) is 18.1. The van der Waals surface area contributed by atoms with Crippen molar-refractivity contribution in [1.29, 1.82) is 0 Å². The van der Waals surface area contributed by atoms with Gasteiger partial charge in [-0.15, -0.1) is 0 Å². The van der Waals surface area contributed by atoms with Crippen molar-refractivity contribution in [2.45, 2.75) is 25.7 Å². The fourth-order valence-corrected chi connectivity index (χ4v) is 4.53.